The van der Waals surface area contributed by atoms with Gasteiger partial charge in [0, 0.05) is 22.2 Å². The summed E-state index contributed by atoms with van der Waals surface area (Å²) in [6.45, 7) is 0. The van der Waals surface area contributed by atoms with Crippen LogP contribution < -0.4 is 9.91 Å². The molecule has 0 saturated heterocycles. The predicted molar refractivity (Wildman–Crippen MR) is 55.4 cm³/mol. The van der Waals surface area contributed by atoms with Gasteiger partial charge >= 0.3 is 5.97 Å². The summed E-state index contributed by atoms with van der Waals surface area (Å²) in [7, 11) is 1.31. The maximum Gasteiger partial charge on any atom is 0.337 e. The van der Waals surface area contributed by atoms with Gasteiger partial charge in [-0.1, -0.05) is 0 Å². The van der Waals surface area contributed by atoms with Crippen LogP contribution in [0.15, 0.2) is 18.2 Å². The van der Waals surface area contributed by atoms with E-state index in [9.17, 15) is 9.70 Å². The Morgan fingerprint density at radius 3 is 2.75 bits per heavy atom. The molecule has 1 aliphatic carbocycles. The highest BCUT2D eigenvalue weighted by atomic mass is 16.5. The second kappa shape index (κ2) is 4.30. The zero-order chi connectivity index (χ0) is 11.5. The third-order valence-electron chi connectivity index (χ3n) is 2.33. The molecule has 1 saturated carbocycles. The molecule has 1 aromatic rings. The van der Waals surface area contributed by atoms with Crippen molar-refractivity contribution in [3.8, 4) is 5.75 Å². The molecule has 0 atom stereocenters. The molecular weight excluding hydrogens is 210 g/mol. The number of hydrogen-bond acceptors (Lipinski definition) is 4. The van der Waals surface area contributed by atoms with E-state index in [1.807, 2.05) is 0 Å². The first-order chi connectivity index (χ1) is 7.74. The first kappa shape index (κ1) is 10.6. The second-order valence-electron chi connectivity index (χ2n) is 3.62. The van der Waals surface area contributed by atoms with Gasteiger partial charge in [0.2, 0.25) is 0 Å². The van der Waals surface area contributed by atoms with Crippen molar-refractivity contribution in [2.24, 2.45) is 0 Å². The Labute approximate surface area is 92.3 Å². The van der Waals surface area contributed by atoms with E-state index >= 15 is 0 Å². The number of nitrogens with one attached hydrogen (secondary N) is 1. The zero-order valence-corrected chi connectivity index (χ0v) is 8.86. The van der Waals surface area contributed by atoms with Crippen molar-refractivity contribution in [1.82, 2.24) is 0 Å². The summed E-state index contributed by atoms with van der Waals surface area (Å²) in [6.07, 6.45) is 2.14. The molecule has 5 heteroatoms. The van der Waals surface area contributed by atoms with Crippen LogP contribution in [-0.4, -0.2) is 19.2 Å². The lowest BCUT2D eigenvalue weighted by atomic mass is 10.2. The summed E-state index contributed by atoms with van der Waals surface area (Å²) in [4.78, 5) is 21.9. The Kier molecular flexibility index (Phi) is 2.85. The van der Waals surface area contributed by atoms with Crippen LogP contribution in [0.3, 0.4) is 0 Å². The zero-order valence-electron chi connectivity index (χ0n) is 8.86. The van der Waals surface area contributed by atoms with Crippen molar-refractivity contribution >= 4 is 11.7 Å². The molecule has 1 aromatic carbocycles. The lowest BCUT2D eigenvalue weighted by Crippen LogP contribution is -2.55. The Bertz CT molecular complexity index is 426. The number of benzene rings is 1. The van der Waals surface area contributed by atoms with E-state index in [4.69, 9.17) is 4.74 Å². The number of ether oxygens (including phenoxy) is 2. The molecule has 0 heterocycles. The van der Waals surface area contributed by atoms with Gasteiger partial charge in [0.1, 0.15) is 0 Å². The number of carbonyl (C=O) groups excluding carboxylic acids is 1. The fraction of sp³-hybridized carbons (Fsp3) is 0.364. The number of rotatable bonds is 4. The van der Waals surface area contributed by atoms with Gasteiger partial charge in [0.15, 0.2) is 5.75 Å². The number of methoxy groups -OCH3 is 1. The monoisotopic (exact) mass is 222 g/mol. The standard InChI is InChI=1S/C11H11NO4/c1-15-11(13)7-2-5-9(12-14)10(6-7)16-8-3-4-8/h2,5-6,8H,3-4H2,1H3/p+1. The largest absolute Gasteiger partial charge is 0.484 e. The van der Waals surface area contributed by atoms with Gasteiger partial charge in [-0.25, -0.2) is 4.79 Å². The van der Waals surface area contributed by atoms with E-state index in [-0.39, 0.29) is 6.10 Å². The molecule has 1 aliphatic rings. The van der Waals surface area contributed by atoms with E-state index in [0.29, 0.717) is 17.0 Å². The molecule has 1 fully saturated rings. The molecule has 0 amide bonds. The summed E-state index contributed by atoms with van der Waals surface area (Å²) >= 11 is 0. The van der Waals surface area contributed by atoms with Crippen LogP contribution in [-0.2, 0) is 4.74 Å². The first-order valence-electron chi connectivity index (χ1n) is 5.01. The van der Waals surface area contributed by atoms with Crippen LogP contribution in [0.2, 0.25) is 0 Å². The van der Waals surface area contributed by atoms with Crippen LogP contribution in [0, 0.1) is 4.91 Å². The molecule has 16 heavy (non-hydrogen) atoms. The van der Waals surface area contributed by atoms with Crippen molar-refractivity contribution in [2.45, 2.75) is 18.9 Å². The molecule has 0 aromatic heterocycles. The Balaban J connectivity index is 2.29. The second-order valence-corrected chi connectivity index (χ2v) is 3.62. The topological polar surface area (TPSA) is 66.6 Å². The number of hydrogen-bond donors (Lipinski definition) is 1. The number of carbonyl (C=O) groups is 1. The van der Waals surface area contributed by atoms with E-state index in [0.717, 1.165) is 12.8 Å². The third-order valence-corrected chi connectivity index (χ3v) is 2.33. The van der Waals surface area contributed by atoms with Crippen LogP contribution in [0.1, 0.15) is 23.2 Å². The quantitative estimate of drug-likeness (QED) is 0.753. The van der Waals surface area contributed by atoms with Crippen molar-refractivity contribution in [3.63, 3.8) is 0 Å². The van der Waals surface area contributed by atoms with E-state index < -0.39 is 5.97 Å². The lowest BCUT2D eigenvalue weighted by Gasteiger charge is -2.05. The normalized spacial score (nSPS) is 14.3. The molecule has 0 radical (unpaired) electrons. The van der Waals surface area contributed by atoms with Crippen molar-refractivity contribution in [2.75, 3.05) is 7.11 Å². The minimum atomic E-state index is -0.446. The average Bonchev–Trinajstić information content (AvgIpc) is 3.12. The molecular formula is C11H12NO4+. The van der Waals surface area contributed by atoms with Crippen molar-refractivity contribution in [3.05, 3.63) is 28.7 Å². The van der Waals surface area contributed by atoms with Gasteiger partial charge in [0.25, 0.3) is 5.69 Å². The Hall–Kier alpha value is -1.91. The maximum absolute atomic E-state index is 11.3. The van der Waals surface area contributed by atoms with Gasteiger partial charge in [0.05, 0.1) is 18.8 Å². The lowest BCUT2D eigenvalue weighted by molar-refractivity contribution is -0.380. The molecule has 2 rings (SSSR count). The average molecular weight is 222 g/mol. The highest BCUT2D eigenvalue weighted by Gasteiger charge is 2.26. The summed E-state index contributed by atoms with van der Waals surface area (Å²) in [5.41, 5.74) is 0.705. The molecule has 0 bridgehead atoms. The minimum absolute atomic E-state index is 0.167. The Morgan fingerprint density at radius 2 is 2.19 bits per heavy atom. The molecule has 84 valence electrons. The summed E-state index contributed by atoms with van der Waals surface area (Å²) in [5.74, 6) is -0.0431. The molecule has 0 unspecified atom stereocenters. The molecule has 0 aliphatic heterocycles. The molecule has 0 spiro atoms. The smallest absolute Gasteiger partial charge is 0.337 e. The van der Waals surface area contributed by atoms with Gasteiger partial charge in [-0.2, -0.15) is 0 Å². The summed E-state index contributed by atoms with van der Waals surface area (Å²) < 4.78 is 10.1. The SMILES string of the molecule is COC(=O)c1ccc([NH+]=O)c(OC2CC2)c1. The highest BCUT2D eigenvalue weighted by molar-refractivity contribution is 5.90. The van der Waals surface area contributed by atoms with Gasteiger partial charge in [-0.15, -0.1) is 0 Å². The maximum atomic E-state index is 11.3. The predicted octanol–water partition coefficient (Wildman–Crippen LogP) is 0.493. The van der Waals surface area contributed by atoms with Gasteiger partial charge < -0.3 is 9.47 Å². The summed E-state index contributed by atoms with van der Waals surface area (Å²) in [6, 6.07) is 4.55. The van der Waals surface area contributed by atoms with E-state index in [1.165, 1.54) is 25.3 Å². The third kappa shape index (κ3) is 2.18. The Morgan fingerprint density at radius 1 is 1.44 bits per heavy atom. The first-order valence-corrected chi connectivity index (χ1v) is 5.01. The van der Waals surface area contributed by atoms with E-state index in [2.05, 4.69) is 4.74 Å². The molecule has 1 N–H and O–H groups in total. The van der Waals surface area contributed by atoms with Crippen LogP contribution in [0.5, 0.6) is 5.75 Å². The fourth-order valence-corrected chi connectivity index (χ4v) is 1.31. The van der Waals surface area contributed by atoms with Crippen LogP contribution in [0.25, 0.3) is 0 Å². The van der Waals surface area contributed by atoms with Gasteiger partial charge in [-0.3, -0.25) is 0 Å². The van der Waals surface area contributed by atoms with Crippen molar-refractivity contribution < 1.29 is 19.4 Å². The molecule has 5 nitrogen and oxygen atoms in total. The van der Waals surface area contributed by atoms with Crippen LogP contribution >= 0.6 is 0 Å². The number of nitroso groups, excluding NO2 is 1. The summed E-state index contributed by atoms with van der Waals surface area (Å²) in [5, 5.41) is 1.79. The van der Waals surface area contributed by atoms with E-state index in [1.54, 1.807) is 5.18 Å². The highest BCUT2D eigenvalue weighted by Crippen LogP contribution is 2.30. The van der Waals surface area contributed by atoms with Gasteiger partial charge in [-0.05, 0) is 18.9 Å². The number of esters is 1. The van der Waals surface area contributed by atoms with Crippen LogP contribution in [0.4, 0.5) is 5.69 Å². The van der Waals surface area contributed by atoms with Crippen molar-refractivity contribution in [1.29, 1.82) is 0 Å². The minimum Gasteiger partial charge on any atom is -0.484 e. The fourth-order valence-electron chi connectivity index (χ4n) is 1.31.